The largest absolute Gasteiger partial charge is 0.450 e. The molecule has 0 unspecified atom stereocenters. The van der Waals surface area contributed by atoms with E-state index in [2.05, 4.69) is 22.2 Å². The summed E-state index contributed by atoms with van der Waals surface area (Å²) in [5.41, 5.74) is 3.47. The number of H-pyrrole nitrogens is 1. The Bertz CT molecular complexity index is 1390. The minimum Gasteiger partial charge on any atom is -0.450 e. The Morgan fingerprint density at radius 3 is 2.64 bits per heavy atom. The van der Waals surface area contributed by atoms with E-state index in [0.29, 0.717) is 21.7 Å². The number of rotatable bonds is 5. The average Bonchev–Trinajstić information content (AvgIpc) is 3.43. The van der Waals surface area contributed by atoms with Gasteiger partial charge in [-0.2, -0.15) is 0 Å². The maximum atomic E-state index is 13.2. The lowest BCUT2D eigenvalue weighted by molar-refractivity contribution is -0.122. The van der Waals surface area contributed by atoms with E-state index in [4.69, 9.17) is 16.6 Å². The van der Waals surface area contributed by atoms with Gasteiger partial charge >= 0.3 is 0 Å². The van der Waals surface area contributed by atoms with Crippen LogP contribution in [0.3, 0.4) is 0 Å². The van der Waals surface area contributed by atoms with Gasteiger partial charge in [0.25, 0.3) is 11.8 Å². The minimum absolute atomic E-state index is 0.0481. The Morgan fingerprint density at radius 2 is 1.88 bits per heavy atom. The van der Waals surface area contributed by atoms with Crippen LogP contribution in [0.1, 0.15) is 18.2 Å². The third-order valence-corrected chi connectivity index (χ3v) is 6.25. The molecule has 2 aromatic heterocycles. The lowest BCUT2D eigenvalue weighted by Gasteiger charge is -2.28. The second-order valence-electron chi connectivity index (χ2n) is 7.30. The van der Waals surface area contributed by atoms with Crippen molar-refractivity contribution in [2.45, 2.75) is 23.6 Å². The molecule has 1 aliphatic rings. The number of nitrogens with one attached hydrogen (secondary N) is 2. The minimum atomic E-state index is -0.561. The molecule has 0 saturated carbocycles. The van der Waals surface area contributed by atoms with Crippen molar-refractivity contribution in [1.29, 1.82) is 0 Å². The standard InChI is InChI=1S/C24H18N4O3S2/c1-2-14-7-9-15(10-8-14)28-22(30)17(21(29)27-24(28)32)13-16-11-12-20(31-16)33-23-25-18-5-3-4-6-19(18)26-23/h3-13H,2H2,1H3,(H,25,26)(H,27,29,32)/b17-13+. The number of thiocarbonyl (C=S) groups is 1. The molecule has 164 valence electrons. The number of aromatic amines is 1. The topological polar surface area (TPSA) is 91.2 Å². The number of amides is 2. The monoisotopic (exact) mass is 474 g/mol. The molecule has 2 amide bonds. The summed E-state index contributed by atoms with van der Waals surface area (Å²) in [5.74, 6) is -0.689. The van der Waals surface area contributed by atoms with Crippen LogP contribution in [0.2, 0.25) is 0 Å². The van der Waals surface area contributed by atoms with E-state index < -0.39 is 11.8 Å². The van der Waals surface area contributed by atoms with E-state index in [1.165, 1.54) is 22.7 Å². The summed E-state index contributed by atoms with van der Waals surface area (Å²) in [6.45, 7) is 2.05. The molecule has 1 saturated heterocycles. The second kappa shape index (κ2) is 8.68. The molecular weight excluding hydrogens is 456 g/mol. The van der Waals surface area contributed by atoms with Crippen molar-refractivity contribution in [3.63, 3.8) is 0 Å². The van der Waals surface area contributed by atoms with E-state index in [0.717, 1.165) is 23.0 Å². The average molecular weight is 475 g/mol. The summed E-state index contributed by atoms with van der Waals surface area (Å²) in [6, 6.07) is 18.7. The van der Waals surface area contributed by atoms with Crippen LogP contribution in [0.25, 0.3) is 17.1 Å². The van der Waals surface area contributed by atoms with Crippen molar-refractivity contribution >= 4 is 63.7 Å². The van der Waals surface area contributed by atoms with Crippen LogP contribution in [0.5, 0.6) is 0 Å². The maximum absolute atomic E-state index is 13.2. The summed E-state index contributed by atoms with van der Waals surface area (Å²) in [4.78, 5) is 34.7. The Morgan fingerprint density at radius 1 is 1.09 bits per heavy atom. The number of nitrogens with zero attached hydrogens (tertiary/aromatic N) is 2. The summed E-state index contributed by atoms with van der Waals surface area (Å²) in [7, 11) is 0. The highest BCUT2D eigenvalue weighted by molar-refractivity contribution is 7.99. The number of benzene rings is 2. The number of furan rings is 1. The van der Waals surface area contributed by atoms with E-state index in [1.54, 1.807) is 12.1 Å². The van der Waals surface area contributed by atoms with Crippen molar-refractivity contribution < 1.29 is 14.0 Å². The molecule has 4 aromatic rings. The van der Waals surface area contributed by atoms with E-state index in [9.17, 15) is 9.59 Å². The van der Waals surface area contributed by atoms with Gasteiger partial charge in [-0.15, -0.1) is 0 Å². The molecule has 33 heavy (non-hydrogen) atoms. The number of para-hydroxylation sites is 2. The fourth-order valence-corrected chi connectivity index (χ4v) is 4.51. The first-order valence-corrected chi connectivity index (χ1v) is 11.5. The third-order valence-electron chi connectivity index (χ3n) is 5.16. The number of aromatic nitrogens is 2. The van der Waals surface area contributed by atoms with Gasteiger partial charge in [0.05, 0.1) is 16.7 Å². The maximum Gasteiger partial charge on any atom is 0.270 e. The van der Waals surface area contributed by atoms with Crippen LogP contribution < -0.4 is 10.2 Å². The molecule has 2 N–H and O–H groups in total. The number of anilines is 1. The number of carbonyl (C=O) groups is 2. The Labute approximate surface area is 198 Å². The zero-order valence-electron chi connectivity index (χ0n) is 17.5. The van der Waals surface area contributed by atoms with Crippen molar-refractivity contribution in [1.82, 2.24) is 15.3 Å². The van der Waals surface area contributed by atoms with Gasteiger partial charge in [0.1, 0.15) is 11.3 Å². The highest BCUT2D eigenvalue weighted by Gasteiger charge is 2.34. The molecule has 9 heteroatoms. The smallest absolute Gasteiger partial charge is 0.270 e. The molecule has 1 fully saturated rings. The Hall–Kier alpha value is -3.69. The number of hydrogen-bond donors (Lipinski definition) is 2. The first-order valence-electron chi connectivity index (χ1n) is 10.2. The van der Waals surface area contributed by atoms with Crippen molar-refractivity contribution in [2.75, 3.05) is 4.90 Å². The van der Waals surface area contributed by atoms with Gasteiger partial charge < -0.3 is 9.40 Å². The Kier molecular flexibility index (Phi) is 5.57. The predicted octanol–water partition coefficient (Wildman–Crippen LogP) is 4.70. The summed E-state index contributed by atoms with van der Waals surface area (Å²) in [6.07, 6.45) is 2.31. The van der Waals surface area contributed by atoms with Gasteiger partial charge in [-0.1, -0.05) is 31.2 Å². The number of hydrogen-bond acceptors (Lipinski definition) is 6. The highest BCUT2D eigenvalue weighted by Crippen LogP contribution is 2.30. The number of imidazole rings is 1. The fourth-order valence-electron chi connectivity index (χ4n) is 3.45. The van der Waals surface area contributed by atoms with Crippen LogP contribution >= 0.6 is 24.0 Å². The van der Waals surface area contributed by atoms with Gasteiger partial charge in [-0.05, 0) is 78.4 Å². The SMILES string of the molecule is CCc1ccc(N2C(=O)/C(=C/c3ccc(Sc4nc5ccccc5[nH]4)o3)C(=O)NC2=S)cc1. The fraction of sp³-hybridized carbons (Fsp3) is 0.0833. The number of aryl methyl sites for hydroxylation is 1. The predicted molar refractivity (Wildman–Crippen MR) is 131 cm³/mol. The molecular formula is C24H18N4O3S2. The van der Waals surface area contributed by atoms with Crippen LogP contribution in [0.15, 0.2) is 80.9 Å². The lowest BCUT2D eigenvalue weighted by atomic mass is 10.1. The molecule has 0 atom stereocenters. The van der Waals surface area contributed by atoms with Crippen LogP contribution in [0.4, 0.5) is 5.69 Å². The van der Waals surface area contributed by atoms with Gasteiger partial charge in [0.15, 0.2) is 15.4 Å². The molecule has 1 aliphatic heterocycles. The highest BCUT2D eigenvalue weighted by atomic mass is 32.2. The van der Waals surface area contributed by atoms with Gasteiger partial charge in [0.2, 0.25) is 0 Å². The van der Waals surface area contributed by atoms with Crippen molar-refractivity contribution in [2.24, 2.45) is 0 Å². The lowest BCUT2D eigenvalue weighted by Crippen LogP contribution is -2.54. The van der Waals surface area contributed by atoms with E-state index >= 15 is 0 Å². The normalized spacial score (nSPS) is 15.5. The first kappa shape index (κ1) is 21.2. The number of carbonyl (C=O) groups excluding carboxylic acids is 2. The zero-order valence-corrected chi connectivity index (χ0v) is 19.1. The van der Waals surface area contributed by atoms with E-state index in [-0.39, 0.29) is 10.7 Å². The van der Waals surface area contributed by atoms with E-state index in [1.807, 2.05) is 48.5 Å². The summed E-state index contributed by atoms with van der Waals surface area (Å²) in [5, 5.41) is 3.89. The van der Waals surface area contributed by atoms with Gasteiger partial charge in [-0.3, -0.25) is 19.8 Å². The zero-order chi connectivity index (χ0) is 22.9. The summed E-state index contributed by atoms with van der Waals surface area (Å²) < 4.78 is 5.82. The van der Waals surface area contributed by atoms with Gasteiger partial charge in [0, 0.05) is 0 Å². The van der Waals surface area contributed by atoms with Crippen molar-refractivity contribution in [3.8, 4) is 0 Å². The second-order valence-corrected chi connectivity index (χ2v) is 8.68. The third kappa shape index (κ3) is 4.20. The Balaban J connectivity index is 1.39. The van der Waals surface area contributed by atoms with Crippen molar-refractivity contribution in [3.05, 3.63) is 77.6 Å². The van der Waals surface area contributed by atoms with Crippen LogP contribution in [-0.2, 0) is 16.0 Å². The van der Waals surface area contributed by atoms with Crippen LogP contribution in [0, 0.1) is 0 Å². The van der Waals surface area contributed by atoms with Gasteiger partial charge in [-0.25, -0.2) is 4.98 Å². The molecule has 2 aromatic carbocycles. The quantitative estimate of drug-likeness (QED) is 0.248. The molecule has 0 aliphatic carbocycles. The molecule has 0 radical (unpaired) electrons. The molecule has 7 nitrogen and oxygen atoms in total. The summed E-state index contributed by atoms with van der Waals surface area (Å²) >= 11 is 6.57. The molecule has 0 spiro atoms. The number of fused-ring (bicyclic) bond motifs is 1. The molecule has 5 rings (SSSR count). The molecule has 0 bridgehead atoms. The molecule has 3 heterocycles. The first-order chi connectivity index (χ1) is 16.0. The van der Waals surface area contributed by atoms with Crippen LogP contribution in [-0.4, -0.2) is 26.9 Å².